The largest absolute Gasteiger partial charge is 0.383 e. The molecule has 6 nitrogen and oxygen atoms in total. The van der Waals surface area contributed by atoms with Crippen molar-refractivity contribution in [1.82, 2.24) is 10.3 Å². The van der Waals surface area contributed by atoms with E-state index in [-0.39, 0.29) is 5.75 Å². The summed E-state index contributed by atoms with van der Waals surface area (Å²) >= 11 is 1.62. The predicted molar refractivity (Wildman–Crippen MR) is 88.1 cm³/mol. The van der Waals surface area contributed by atoms with Crippen LogP contribution >= 0.6 is 11.3 Å². The van der Waals surface area contributed by atoms with Gasteiger partial charge in [-0.3, -0.25) is 0 Å². The highest BCUT2D eigenvalue weighted by molar-refractivity contribution is 7.90. The first kappa shape index (κ1) is 18.3. The molecule has 1 aromatic rings. The fourth-order valence-electron chi connectivity index (χ4n) is 1.72. The molecule has 1 N–H and O–H groups in total. The van der Waals surface area contributed by atoms with Gasteiger partial charge in [-0.25, -0.2) is 13.4 Å². The third kappa shape index (κ3) is 6.73. The van der Waals surface area contributed by atoms with Gasteiger partial charge in [-0.1, -0.05) is 6.92 Å². The summed E-state index contributed by atoms with van der Waals surface area (Å²) in [7, 11) is 0.614. The quantitative estimate of drug-likeness (QED) is 0.641. The van der Waals surface area contributed by atoms with Crippen molar-refractivity contribution in [2.75, 3.05) is 50.8 Å². The minimum absolute atomic E-state index is 0.145. The van der Waals surface area contributed by atoms with Crippen molar-refractivity contribution in [3.8, 4) is 0 Å². The highest BCUT2D eigenvalue weighted by Gasteiger charge is 2.14. The second-order valence-electron chi connectivity index (χ2n) is 4.94. The molecule has 122 valence electrons. The normalized spacial score (nSPS) is 11.8. The Hall–Kier alpha value is -0.700. The molecule has 0 spiro atoms. The van der Waals surface area contributed by atoms with E-state index >= 15 is 0 Å². The van der Waals surface area contributed by atoms with E-state index in [9.17, 15) is 8.42 Å². The van der Waals surface area contributed by atoms with Crippen molar-refractivity contribution in [3.05, 3.63) is 10.6 Å². The minimum Gasteiger partial charge on any atom is -0.383 e. The van der Waals surface area contributed by atoms with Crippen LogP contribution in [-0.4, -0.2) is 59.3 Å². The van der Waals surface area contributed by atoms with Crippen LogP contribution < -0.4 is 10.2 Å². The molecule has 0 aliphatic rings. The lowest BCUT2D eigenvalue weighted by molar-refractivity contribution is 0.199. The van der Waals surface area contributed by atoms with E-state index in [1.807, 2.05) is 11.9 Å². The number of thiazole rings is 1. The molecule has 0 aliphatic heterocycles. The third-order valence-electron chi connectivity index (χ3n) is 2.99. The lowest BCUT2D eigenvalue weighted by Gasteiger charge is -2.14. The number of anilines is 1. The number of nitrogens with zero attached hydrogens (tertiary/aromatic N) is 2. The standard InChI is InChI=1S/C13H25N3O3S2/c1-5-11-12(10-14-6-8-19-3)20-13(15-11)16(2)7-9-21(4,17)18/h14H,5-10H2,1-4H3. The van der Waals surface area contributed by atoms with E-state index in [4.69, 9.17) is 4.74 Å². The summed E-state index contributed by atoms with van der Waals surface area (Å²) < 4.78 is 27.5. The molecule has 0 atom stereocenters. The average molecular weight is 335 g/mol. The van der Waals surface area contributed by atoms with E-state index < -0.39 is 9.84 Å². The molecule has 1 heterocycles. The van der Waals surface area contributed by atoms with Crippen LogP contribution in [0.25, 0.3) is 0 Å². The van der Waals surface area contributed by atoms with Crippen LogP contribution in [0.1, 0.15) is 17.5 Å². The Kier molecular flexibility index (Phi) is 7.58. The Balaban J connectivity index is 2.64. The minimum atomic E-state index is -2.95. The number of methoxy groups -OCH3 is 1. The Morgan fingerprint density at radius 1 is 1.43 bits per heavy atom. The van der Waals surface area contributed by atoms with Crippen LogP contribution in [0, 0.1) is 0 Å². The molecular weight excluding hydrogens is 310 g/mol. The van der Waals surface area contributed by atoms with Crippen LogP contribution in [0.15, 0.2) is 0 Å². The predicted octanol–water partition coefficient (Wildman–Crippen LogP) is 0.922. The van der Waals surface area contributed by atoms with Crippen molar-refractivity contribution in [3.63, 3.8) is 0 Å². The van der Waals surface area contributed by atoms with Crippen LogP contribution in [-0.2, 0) is 27.5 Å². The number of hydrogen-bond donors (Lipinski definition) is 1. The molecule has 0 amide bonds. The van der Waals surface area contributed by atoms with Crippen LogP contribution in [0.3, 0.4) is 0 Å². The zero-order valence-electron chi connectivity index (χ0n) is 13.2. The smallest absolute Gasteiger partial charge is 0.185 e. The fraction of sp³-hybridized carbons (Fsp3) is 0.769. The maximum atomic E-state index is 11.2. The average Bonchev–Trinajstić information content (AvgIpc) is 2.83. The van der Waals surface area contributed by atoms with Gasteiger partial charge in [0.1, 0.15) is 9.84 Å². The lowest BCUT2D eigenvalue weighted by Crippen LogP contribution is -2.24. The van der Waals surface area contributed by atoms with Gasteiger partial charge in [0.15, 0.2) is 5.13 Å². The van der Waals surface area contributed by atoms with Gasteiger partial charge < -0.3 is 15.0 Å². The number of aromatic nitrogens is 1. The molecular formula is C13H25N3O3S2. The zero-order valence-corrected chi connectivity index (χ0v) is 14.8. The van der Waals surface area contributed by atoms with Gasteiger partial charge in [-0.2, -0.15) is 0 Å². The SMILES string of the molecule is CCc1nc(N(C)CCS(C)(=O)=O)sc1CNCCOC. The molecule has 0 unspecified atom stereocenters. The first-order chi connectivity index (χ1) is 9.87. The number of rotatable bonds is 10. The first-order valence-corrected chi connectivity index (χ1v) is 9.82. The summed E-state index contributed by atoms with van der Waals surface area (Å²) in [4.78, 5) is 7.72. The molecule has 0 aromatic carbocycles. The molecule has 1 aromatic heterocycles. The molecule has 0 saturated heterocycles. The number of nitrogens with one attached hydrogen (secondary N) is 1. The number of hydrogen-bond acceptors (Lipinski definition) is 7. The number of sulfone groups is 1. The summed E-state index contributed by atoms with van der Waals surface area (Å²) in [5.41, 5.74) is 1.08. The van der Waals surface area contributed by atoms with E-state index in [1.54, 1.807) is 18.4 Å². The summed E-state index contributed by atoms with van der Waals surface area (Å²) in [6.45, 7) is 4.79. The van der Waals surface area contributed by atoms with Gasteiger partial charge in [0.05, 0.1) is 18.1 Å². The number of aryl methyl sites for hydroxylation is 1. The molecule has 0 fully saturated rings. The van der Waals surface area contributed by atoms with Crippen molar-refractivity contribution >= 4 is 26.3 Å². The molecule has 0 saturated carbocycles. The monoisotopic (exact) mass is 335 g/mol. The van der Waals surface area contributed by atoms with Crippen molar-refractivity contribution < 1.29 is 13.2 Å². The maximum absolute atomic E-state index is 11.2. The summed E-state index contributed by atoms with van der Waals surface area (Å²) in [5.74, 6) is 0.145. The van der Waals surface area contributed by atoms with Crippen LogP contribution in [0.5, 0.6) is 0 Å². The second kappa shape index (κ2) is 8.67. The third-order valence-corrected chi connectivity index (χ3v) is 5.13. The van der Waals surface area contributed by atoms with Crippen LogP contribution in [0.2, 0.25) is 0 Å². The topological polar surface area (TPSA) is 71.5 Å². The van der Waals surface area contributed by atoms with Crippen molar-refractivity contribution in [2.45, 2.75) is 19.9 Å². The zero-order chi connectivity index (χ0) is 15.9. The summed E-state index contributed by atoms with van der Waals surface area (Å²) in [5, 5.41) is 4.19. The molecule has 0 radical (unpaired) electrons. The van der Waals surface area contributed by atoms with E-state index in [0.717, 1.165) is 30.3 Å². The highest BCUT2D eigenvalue weighted by atomic mass is 32.2. The number of ether oxygens (including phenoxy) is 1. The summed E-state index contributed by atoms with van der Waals surface area (Å²) in [6, 6.07) is 0. The van der Waals surface area contributed by atoms with E-state index in [0.29, 0.717) is 13.2 Å². The Bertz CT molecular complexity index is 529. The summed E-state index contributed by atoms with van der Waals surface area (Å²) in [6.07, 6.45) is 2.13. The highest BCUT2D eigenvalue weighted by Crippen LogP contribution is 2.26. The fourth-order valence-corrected chi connectivity index (χ4v) is 3.43. The van der Waals surface area contributed by atoms with Crippen molar-refractivity contribution in [1.29, 1.82) is 0 Å². The molecule has 0 bridgehead atoms. The first-order valence-electron chi connectivity index (χ1n) is 6.94. The maximum Gasteiger partial charge on any atom is 0.185 e. The Labute approximate surface area is 131 Å². The van der Waals surface area contributed by atoms with Crippen LogP contribution in [0.4, 0.5) is 5.13 Å². The van der Waals surface area contributed by atoms with Gasteiger partial charge in [0.25, 0.3) is 0 Å². The van der Waals surface area contributed by atoms with Gasteiger partial charge in [-0.15, -0.1) is 11.3 Å². The van der Waals surface area contributed by atoms with E-state index in [2.05, 4.69) is 17.2 Å². The van der Waals surface area contributed by atoms with Crippen molar-refractivity contribution in [2.24, 2.45) is 0 Å². The second-order valence-corrected chi connectivity index (χ2v) is 8.26. The lowest BCUT2D eigenvalue weighted by atomic mass is 10.3. The van der Waals surface area contributed by atoms with E-state index in [1.165, 1.54) is 11.1 Å². The van der Waals surface area contributed by atoms with Gasteiger partial charge in [0, 0.05) is 44.9 Å². The Morgan fingerprint density at radius 3 is 2.71 bits per heavy atom. The van der Waals surface area contributed by atoms with Gasteiger partial charge in [-0.05, 0) is 6.42 Å². The van der Waals surface area contributed by atoms with Gasteiger partial charge >= 0.3 is 0 Å². The molecule has 1 rings (SSSR count). The Morgan fingerprint density at radius 2 is 2.14 bits per heavy atom. The molecule has 8 heteroatoms. The molecule has 21 heavy (non-hydrogen) atoms. The molecule has 0 aliphatic carbocycles. The van der Waals surface area contributed by atoms with Gasteiger partial charge in [0.2, 0.25) is 0 Å².